The predicted octanol–water partition coefficient (Wildman–Crippen LogP) is -0.157. The molecule has 0 bridgehead atoms. The molecule has 1 aromatic carbocycles. The normalized spacial score (nSPS) is 19.3. The van der Waals surface area contributed by atoms with E-state index in [9.17, 15) is 10.0 Å². The summed E-state index contributed by atoms with van der Waals surface area (Å²) in [5.41, 5.74) is 1.48. The number of likely N-dealkylation sites (tertiary alicyclic amines) is 1. The maximum Gasteiger partial charge on any atom is 0.488 e. The summed E-state index contributed by atoms with van der Waals surface area (Å²) in [5, 5.41) is 18.5. The highest BCUT2D eigenvalue weighted by Crippen LogP contribution is 2.23. The summed E-state index contributed by atoms with van der Waals surface area (Å²) < 4.78 is 10.6. The lowest BCUT2D eigenvalue weighted by Crippen LogP contribution is -2.31. The largest absolute Gasteiger partial charge is 0.496 e. The molecule has 1 heterocycles. The summed E-state index contributed by atoms with van der Waals surface area (Å²) in [6, 6.07) is 5.25. The molecule has 2 rings (SSSR count). The molecule has 1 fully saturated rings. The van der Waals surface area contributed by atoms with Crippen LogP contribution in [0.4, 0.5) is 0 Å². The zero-order valence-electron chi connectivity index (χ0n) is 12.1. The fraction of sp³-hybridized carbons (Fsp3) is 0.571. The first-order valence-electron chi connectivity index (χ1n) is 6.88. The van der Waals surface area contributed by atoms with Gasteiger partial charge in [0.15, 0.2) is 0 Å². The second-order valence-corrected chi connectivity index (χ2v) is 5.29. The fourth-order valence-corrected chi connectivity index (χ4v) is 2.75. The van der Waals surface area contributed by atoms with E-state index in [1.54, 1.807) is 32.4 Å². The molecular weight excluding hydrogens is 257 g/mol. The van der Waals surface area contributed by atoms with Crippen molar-refractivity contribution in [3.63, 3.8) is 0 Å². The molecule has 5 nitrogen and oxygen atoms in total. The maximum absolute atomic E-state index is 9.27. The molecule has 6 heteroatoms. The van der Waals surface area contributed by atoms with Crippen LogP contribution in [0.3, 0.4) is 0 Å². The molecule has 0 amide bonds. The van der Waals surface area contributed by atoms with Crippen molar-refractivity contribution < 1.29 is 19.5 Å². The number of rotatable bonds is 6. The van der Waals surface area contributed by atoms with Gasteiger partial charge in [-0.2, -0.15) is 0 Å². The molecular formula is C14H22BNO4. The Morgan fingerprint density at radius 1 is 1.35 bits per heavy atom. The van der Waals surface area contributed by atoms with Crippen molar-refractivity contribution in [2.45, 2.75) is 13.0 Å². The van der Waals surface area contributed by atoms with Crippen LogP contribution in [0.15, 0.2) is 18.2 Å². The molecule has 0 saturated carbocycles. The lowest BCUT2D eigenvalue weighted by molar-refractivity contribution is 0.152. The Morgan fingerprint density at radius 2 is 2.15 bits per heavy atom. The smallest absolute Gasteiger partial charge is 0.488 e. The molecule has 1 saturated heterocycles. The van der Waals surface area contributed by atoms with Crippen molar-refractivity contribution >= 4 is 12.6 Å². The van der Waals surface area contributed by atoms with E-state index in [-0.39, 0.29) is 0 Å². The first-order valence-corrected chi connectivity index (χ1v) is 6.88. The van der Waals surface area contributed by atoms with Gasteiger partial charge in [-0.3, -0.25) is 4.90 Å². The lowest BCUT2D eigenvalue weighted by atomic mass is 9.79. The Kier molecular flexibility index (Phi) is 5.42. The van der Waals surface area contributed by atoms with E-state index < -0.39 is 7.12 Å². The van der Waals surface area contributed by atoms with Gasteiger partial charge in [0.05, 0.1) is 13.7 Å². The standard InChI is InChI=1S/C14H22BNO4/c1-19-10-11-5-6-16(8-11)9-12-7-13(15(17)18)3-4-14(12)20-2/h3-4,7,11,17-18H,5-6,8-10H2,1-2H3. The molecule has 1 unspecified atom stereocenters. The quantitative estimate of drug-likeness (QED) is 0.709. The van der Waals surface area contributed by atoms with Crippen molar-refractivity contribution in [2.75, 3.05) is 33.9 Å². The van der Waals surface area contributed by atoms with E-state index in [4.69, 9.17) is 9.47 Å². The van der Waals surface area contributed by atoms with Crippen LogP contribution in [0.25, 0.3) is 0 Å². The minimum atomic E-state index is -1.44. The van der Waals surface area contributed by atoms with Crippen molar-refractivity contribution in [3.8, 4) is 5.75 Å². The fourth-order valence-electron chi connectivity index (χ4n) is 2.75. The summed E-state index contributed by atoms with van der Waals surface area (Å²) in [5.74, 6) is 1.36. The van der Waals surface area contributed by atoms with Crippen LogP contribution < -0.4 is 10.2 Å². The van der Waals surface area contributed by atoms with Crippen molar-refractivity contribution in [1.29, 1.82) is 0 Å². The molecule has 0 spiro atoms. The first kappa shape index (κ1) is 15.3. The molecule has 110 valence electrons. The van der Waals surface area contributed by atoms with Gasteiger partial charge in [-0.05, 0) is 30.4 Å². The van der Waals surface area contributed by atoms with Crippen molar-refractivity contribution in [2.24, 2.45) is 5.92 Å². The number of methoxy groups -OCH3 is 2. The van der Waals surface area contributed by atoms with Crippen LogP contribution in [0.2, 0.25) is 0 Å². The third kappa shape index (κ3) is 3.73. The Labute approximate surface area is 120 Å². The molecule has 1 aliphatic rings. The van der Waals surface area contributed by atoms with Crippen LogP contribution in [0.1, 0.15) is 12.0 Å². The molecule has 1 aromatic rings. The van der Waals surface area contributed by atoms with E-state index in [1.165, 1.54) is 0 Å². The first-order chi connectivity index (χ1) is 9.63. The molecule has 0 aromatic heterocycles. The van der Waals surface area contributed by atoms with Crippen LogP contribution in [-0.2, 0) is 11.3 Å². The average molecular weight is 279 g/mol. The molecule has 1 atom stereocenters. The Morgan fingerprint density at radius 3 is 2.80 bits per heavy atom. The topological polar surface area (TPSA) is 62.2 Å². The number of hydrogen-bond donors (Lipinski definition) is 2. The highest BCUT2D eigenvalue weighted by atomic mass is 16.5. The Balaban J connectivity index is 2.06. The van der Waals surface area contributed by atoms with E-state index in [1.807, 2.05) is 0 Å². The molecule has 20 heavy (non-hydrogen) atoms. The van der Waals surface area contributed by atoms with Gasteiger partial charge in [0.2, 0.25) is 0 Å². The second kappa shape index (κ2) is 7.08. The summed E-state index contributed by atoms with van der Waals surface area (Å²) >= 11 is 0. The second-order valence-electron chi connectivity index (χ2n) is 5.29. The lowest BCUT2D eigenvalue weighted by Gasteiger charge is -2.18. The van der Waals surface area contributed by atoms with Gasteiger partial charge < -0.3 is 19.5 Å². The predicted molar refractivity (Wildman–Crippen MR) is 78.1 cm³/mol. The van der Waals surface area contributed by atoms with Gasteiger partial charge in [0.25, 0.3) is 0 Å². The number of hydrogen-bond acceptors (Lipinski definition) is 5. The monoisotopic (exact) mass is 279 g/mol. The van der Waals surface area contributed by atoms with Gasteiger partial charge >= 0.3 is 7.12 Å². The van der Waals surface area contributed by atoms with E-state index in [0.717, 1.165) is 44.0 Å². The molecule has 0 aliphatic carbocycles. The van der Waals surface area contributed by atoms with Gasteiger partial charge in [0.1, 0.15) is 5.75 Å². The highest BCUT2D eigenvalue weighted by molar-refractivity contribution is 6.58. The zero-order valence-corrected chi connectivity index (χ0v) is 12.1. The molecule has 2 N–H and O–H groups in total. The number of benzene rings is 1. The maximum atomic E-state index is 9.27. The van der Waals surface area contributed by atoms with Crippen molar-refractivity contribution in [1.82, 2.24) is 4.90 Å². The van der Waals surface area contributed by atoms with E-state index >= 15 is 0 Å². The number of nitrogens with zero attached hydrogens (tertiary/aromatic N) is 1. The summed E-state index contributed by atoms with van der Waals surface area (Å²) in [6.07, 6.45) is 1.14. The minimum Gasteiger partial charge on any atom is -0.496 e. The highest BCUT2D eigenvalue weighted by Gasteiger charge is 2.23. The van der Waals surface area contributed by atoms with E-state index in [0.29, 0.717) is 11.4 Å². The zero-order chi connectivity index (χ0) is 14.5. The van der Waals surface area contributed by atoms with Gasteiger partial charge in [-0.15, -0.1) is 0 Å². The van der Waals surface area contributed by atoms with E-state index in [2.05, 4.69) is 4.90 Å². The minimum absolute atomic E-state index is 0.494. The molecule has 1 aliphatic heterocycles. The summed E-state index contributed by atoms with van der Waals surface area (Å²) in [7, 11) is 1.92. The molecule has 0 radical (unpaired) electrons. The third-order valence-corrected chi connectivity index (χ3v) is 3.77. The third-order valence-electron chi connectivity index (χ3n) is 3.77. The average Bonchev–Trinajstić information content (AvgIpc) is 2.86. The Bertz CT molecular complexity index is 441. The SMILES string of the molecule is COCC1CCN(Cc2cc(B(O)O)ccc2OC)C1. The van der Waals surface area contributed by atoms with Crippen LogP contribution in [0, 0.1) is 5.92 Å². The Hall–Kier alpha value is -1.08. The van der Waals surface area contributed by atoms with Gasteiger partial charge in [-0.25, -0.2) is 0 Å². The van der Waals surface area contributed by atoms with Gasteiger partial charge in [0, 0.05) is 25.8 Å². The number of ether oxygens (including phenoxy) is 2. The van der Waals surface area contributed by atoms with Gasteiger partial charge in [-0.1, -0.05) is 12.1 Å². The van der Waals surface area contributed by atoms with Crippen LogP contribution >= 0.6 is 0 Å². The summed E-state index contributed by atoms with van der Waals surface area (Å²) in [6.45, 7) is 3.58. The van der Waals surface area contributed by atoms with Crippen LogP contribution in [-0.4, -0.2) is 56.0 Å². The summed E-state index contributed by atoms with van der Waals surface area (Å²) in [4.78, 5) is 2.34. The van der Waals surface area contributed by atoms with Crippen LogP contribution in [0.5, 0.6) is 5.75 Å². The van der Waals surface area contributed by atoms with Crippen molar-refractivity contribution in [3.05, 3.63) is 23.8 Å².